The van der Waals surface area contributed by atoms with Crippen LogP contribution in [0.15, 0.2) is 41.4 Å². The van der Waals surface area contributed by atoms with Gasteiger partial charge in [-0.3, -0.25) is 4.79 Å². The van der Waals surface area contributed by atoms with Crippen LogP contribution in [-0.4, -0.2) is 38.0 Å². The third-order valence-electron chi connectivity index (χ3n) is 5.99. The van der Waals surface area contributed by atoms with Gasteiger partial charge in [-0.15, -0.1) is 0 Å². The van der Waals surface area contributed by atoms with Crippen molar-refractivity contribution in [2.75, 3.05) is 18.0 Å². The van der Waals surface area contributed by atoms with Crippen molar-refractivity contribution >= 4 is 33.2 Å². The molecule has 7 nitrogen and oxygen atoms in total. The number of carbonyl (C=O) groups excluding carboxylic acids is 1. The number of piperidine rings is 1. The van der Waals surface area contributed by atoms with Crippen molar-refractivity contribution < 1.29 is 22.3 Å². The van der Waals surface area contributed by atoms with Gasteiger partial charge < -0.3 is 9.64 Å². The molecule has 1 saturated heterocycles. The topological polar surface area (TPSA) is 88.6 Å². The van der Waals surface area contributed by atoms with E-state index >= 15 is 0 Å². The van der Waals surface area contributed by atoms with Gasteiger partial charge in [0.05, 0.1) is 5.69 Å². The van der Waals surface area contributed by atoms with E-state index < -0.39 is 32.5 Å². The molecule has 0 unspecified atom stereocenters. The Morgan fingerprint density at radius 2 is 1.84 bits per heavy atom. The van der Waals surface area contributed by atoms with E-state index in [1.165, 1.54) is 6.07 Å². The van der Waals surface area contributed by atoms with Crippen LogP contribution in [0.3, 0.4) is 0 Å². The molecule has 172 valence electrons. The zero-order valence-corrected chi connectivity index (χ0v) is 19.5. The number of ether oxygens (including phenoxy) is 1. The lowest BCUT2D eigenvalue weighted by Crippen LogP contribution is -2.44. The van der Waals surface area contributed by atoms with Gasteiger partial charge in [0, 0.05) is 37.0 Å². The molecule has 1 N–H and O–H groups in total. The molecule has 0 spiro atoms. The monoisotopic (exact) mass is 481 g/mol. The number of benzene rings is 1. The average molecular weight is 482 g/mol. The van der Waals surface area contributed by atoms with Crippen LogP contribution in [0.5, 0.6) is 5.75 Å². The zero-order chi connectivity index (χ0) is 23.1. The standard InChI is InChI=1S/C22H25ClFN3O4S/c1-21(2)10-12-27(13-11-21)16-7-6-15(23)14-17(16)31-22(8-9-22)20(28)26-32(29,30)19-5-3-4-18(24)25-19/h3-7,14H,8-13H2,1-2H3,(H,26,28). The molecule has 2 heterocycles. The summed E-state index contributed by atoms with van der Waals surface area (Å²) in [5.41, 5.74) is -0.242. The zero-order valence-electron chi connectivity index (χ0n) is 17.9. The van der Waals surface area contributed by atoms with E-state index in [1.54, 1.807) is 12.1 Å². The molecule has 10 heteroatoms. The van der Waals surface area contributed by atoms with E-state index in [4.69, 9.17) is 16.3 Å². The number of hydrogen-bond acceptors (Lipinski definition) is 6. The van der Waals surface area contributed by atoms with E-state index in [9.17, 15) is 17.6 Å². The molecule has 1 aromatic heterocycles. The molecule has 1 aromatic carbocycles. The molecular formula is C22H25ClFN3O4S. The van der Waals surface area contributed by atoms with Crippen molar-refractivity contribution in [1.82, 2.24) is 9.71 Å². The Morgan fingerprint density at radius 1 is 1.16 bits per heavy atom. The van der Waals surface area contributed by atoms with Gasteiger partial charge in [-0.2, -0.15) is 12.8 Å². The van der Waals surface area contributed by atoms with Gasteiger partial charge in [0.2, 0.25) is 5.95 Å². The third kappa shape index (κ3) is 4.83. The minimum atomic E-state index is -4.34. The summed E-state index contributed by atoms with van der Waals surface area (Å²) in [7, 11) is -4.34. The molecule has 1 aliphatic carbocycles. The van der Waals surface area contributed by atoms with E-state index in [1.807, 2.05) is 10.8 Å². The number of nitrogens with one attached hydrogen (secondary N) is 1. The van der Waals surface area contributed by atoms with Crippen LogP contribution in [-0.2, 0) is 14.8 Å². The van der Waals surface area contributed by atoms with Gasteiger partial charge in [-0.1, -0.05) is 31.5 Å². The highest BCUT2D eigenvalue weighted by Crippen LogP contribution is 2.45. The predicted octanol–water partition coefficient (Wildman–Crippen LogP) is 3.92. The molecule has 2 aromatic rings. The number of nitrogens with zero attached hydrogens (tertiary/aromatic N) is 2. The van der Waals surface area contributed by atoms with Crippen LogP contribution >= 0.6 is 11.6 Å². The second-order valence-corrected chi connectivity index (χ2v) is 11.2. The summed E-state index contributed by atoms with van der Waals surface area (Å²) in [5.74, 6) is -1.33. The van der Waals surface area contributed by atoms with Crippen LogP contribution < -0.4 is 14.4 Å². The molecule has 1 amide bonds. The van der Waals surface area contributed by atoms with Crippen molar-refractivity contribution in [3.05, 3.63) is 47.4 Å². The molecule has 1 saturated carbocycles. The number of aromatic nitrogens is 1. The summed E-state index contributed by atoms with van der Waals surface area (Å²) in [5, 5.41) is -0.116. The lowest BCUT2D eigenvalue weighted by Gasteiger charge is -2.39. The highest BCUT2D eigenvalue weighted by molar-refractivity contribution is 7.90. The van der Waals surface area contributed by atoms with Crippen molar-refractivity contribution in [1.29, 1.82) is 0 Å². The fourth-order valence-corrected chi connectivity index (χ4v) is 4.85. The Bertz CT molecular complexity index is 1140. The highest BCUT2D eigenvalue weighted by Gasteiger charge is 2.54. The van der Waals surface area contributed by atoms with Crippen LogP contribution in [0.2, 0.25) is 5.02 Å². The van der Waals surface area contributed by atoms with E-state index in [0.29, 0.717) is 23.6 Å². The minimum Gasteiger partial charge on any atom is -0.475 e. The smallest absolute Gasteiger partial charge is 0.281 e. The van der Waals surface area contributed by atoms with Gasteiger partial charge in [0.1, 0.15) is 5.75 Å². The summed E-state index contributed by atoms with van der Waals surface area (Å²) < 4.78 is 46.4. The van der Waals surface area contributed by atoms with Crippen molar-refractivity contribution in [3.8, 4) is 5.75 Å². The van der Waals surface area contributed by atoms with Crippen LogP contribution in [0.1, 0.15) is 39.5 Å². The number of pyridine rings is 1. The summed E-state index contributed by atoms with van der Waals surface area (Å²) in [6, 6.07) is 8.62. The van der Waals surface area contributed by atoms with Gasteiger partial charge in [-0.05, 0) is 42.5 Å². The van der Waals surface area contributed by atoms with E-state index in [-0.39, 0.29) is 5.41 Å². The average Bonchev–Trinajstić information content (AvgIpc) is 3.49. The Labute approximate surface area is 192 Å². The number of sulfonamides is 1. The molecule has 0 bridgehead atoms. The molecule has 32 heavy (non-hydrogen) atoms. The van der Waals surface area contributed by atoms with E-state index in [2.05, 4.69) is 23.7 Å². The maximum absolute atomic E-state index is 13.3. The molecule has 0 atom stereocenters. The van der Waals surface area contributed by atoms with Gasteiger partial charge in [0.15, 0.2) is 10.6 Å². The van der Waals surface area contributed by atoms with Gasteiger partial charge >= 0.3 is 0 Å². The lowest BCUT2D eigenvalue weighted by molar-refractivity contribution is -0.127. The second kappa shape index (κ2) is 8.19. The molecule has 0 radical (unpaired) electrons. The fourth-order valence-electron chi connectivity index (χ4n) is 3.69. The Morgan fingerprint density at radius 3 is 2.47 bits per heavy atom. The Balaban J connectivity index is 1.54. The minimum absolute atomic E-state index is 0.265. The van der Waals surface area contributed by atoms with Gasteiger partial charge in [-0.25, -0.2) is 9.71 Å². The first-order valence-corrected chi connectivity index (χ1v) is 12.3. The first kappa shape index (κ1) is 22.8. The molecule has 2 fully saturated rings. The normalized spacial score (nSPS) is 19.3. The number of carbonyl (C=O) groups is 1. The molecule has 2 aliphatic rings. The Hall–Kier alpha value is -2.39. The van der Waals surface area contributed by atoms with Crippen molar-refractivity contribution in [2.45, 2.75) is 50.2 Å². The van der Waals surface area contributed by atoms with Crippen LogP contribution in [0, 0.1) is 11.4 Å². The summed E-state index contributed by atoms with van der Waals surface area (Å²) in [4.78, 5) is 18.4. The van der Waals surface area contributed by atoms with Crippen LogP contribution in [0.25, 0.3) is 0 Å². The van der Waals surface area contributed by atoms with Crippen molar-refractivity contribution in [3.63, 3.8) is 0 Å². The summed E-state index contributed by atoms with van der Waals surface area (Å²) in [6.45, 7) is 6.15. The molecular weight excluding hydrogens is 457 g/mol. The number of amides is 1. The number of halogens is 2. The van der Waals surface area contributed by atoms with Crippen LogP contribution in [0.4, 0.5) is 10.1 Å². The van der Waals surface area contributed by atoms with Crippen molar-refractivity contribution in [2.24, 2.45) is 5.41 Å². The molecule has 4 rings (SSSR count). The first-order valence-electron chi connectivity index (χ1n) is 10.4. The molecule has 1 aliphatic heterocycles. The van der Waals surface area contributed by atoms with Gasteiger partial charge in [0.25, 0.3) is 15.9 Å². The summed E-state index contributed by atoms with van der Waals surface area (Å²) in [6.07, 6.45) is 2.73. The predicted molar refractivity (Wildman–Crippen MR) is 119 cm³/mol. The quantitative estimate of drug-likeness (QED) is 0.629. The maximum atomic E-state index is 13.3. The highest BCUT2D eigenvalue weighted by atomic mass is 35.5. The first-order chi connectivity index (χ1) is 15.0. The number of rotatable bonds is 6. The maximum Gasteiger partial charge on any atom is 0.281 e. The summed E-state index contributed by atoms with van der Waals surface area (Å²) >= 11 is 6.19. The largest absolute Gasteiger partial charge is 0.475 e. The number of anilines is 1. The second-order valence-electron chi connectivity index (χ2n) is 9.09. The third-order valence-corrected chi connectivity index (χ3v) is 7.46. The Kier molecular flexibility index (Phi) is 5.83. The van der Waals surface area contributed by atoms with E-state index in [0.717, 1.165) is 43.8 Å². The SMILES string of the molecule is CC1(C)CCN(c2ccc(Cl)cc2OC2(C(=O)NS(=O)(=O)c3cccc(F)n3)CC2)CC1. The number of hydrogen-bond donors (Lipinski definition) is 1. The lowest BCUT2D eigenvalue weighted by atomic mass is 9.82. The fraction of sp³-hybridized carbons (Fsp3) is 0.455.